The zero-order valence-electron chi connectivity index (χ0n) is 9.23. The highest BCUT2D eigenvalue weighted by molar-refractivity contribution is 7.89. The molecule has 0 radical (unpaired) electrons. The van der Waals surface area contributed by atoms with Crippen molar-refractivity contribution in [3.8, 4) is 0 Å². The van der Waals surface area contributed by atoms with Crippen LogP contribution in [-0.4, -0.2) is 22.0 Å². The van der Waals surface area contributed by atoms with Gasteiger partial charge in [-0.2, -0.15) is 0 Å². The van der Waals surface area contributed by atoms with E-state index in [2.05, 4.69) is 10.0 Å². The fourth-order valence-corrected chi connectivity index (χ4v) is 2.86. The van der Waals surface area contributed by atoms with Crippen molar-refractivity contribution in [3.05, 3.63) is 24.3 Å². The van der Waals surface area contributed by atoms with Gasteiger partial charge < -0.3 is 5.32 Å². The van der Waals surface area contributed by atoms with Gasteiger partial charge in [0, 0.05) is 13.6 Å². The molecule has 1 aliphatic rings. The molecule has 1 aromatic carbocycles. The second-order valence-electron chi connectivity index (χ2n) is 4.04. The number of anilines is 1. The molecular formula is C11H16N2O2S. The first-order valence-electron chi connectivity index (χ1n) is 5.40. The van der Waals surface area contributed by atoms with Gasteiger partial charge in [0.05, 0.1) is 5.69 Å². The fourth-order valence-electron chi connectivity index (χ4n) is 1.53. The molecule has 0 heterocycles. The van der Waals surface area contributed by atoms with E-state index in [1.807, 2.05) is 6.07 Å². The average molecular weight is 240 g/mol. The topological polar surface area (TPSA) is 58.2 Å². The molecule has 0 aliphatic heterocycles. The summed E-state index contributed by atoms with van der Waals surface area (Å²) in [4.78, 5) is 0.318. The second-order valence-corrected chi connectivity index (χ2v) is 5.78. The normalized spacial score (nSPS) is 16.1. The van der Waals surface area contributed by atoms with E-state index in [-0.39, 0.29) is 0 Å². The summed E-state index contributed by atoms with van der Waals surface area (Å²) in [6.07, 6.45) is 2.27. The smallest absolute Gasteiger partial charge is 0.242 e. The zero-order valence-corrected chi connectivity index (χ0v) is 10.0. The van der Waals surface area contributed by atoms with Crippen LogP contribution in [0.4, 0.5) is 5.69 Å². The highest BCUT2D eigenvalue weighted by atomic mass is 32.2. The summed E-state index contributed by atoms with van der Waals surface area (Å²) in [5.41, 5.74) is 0.630. The molecule has 0 bridgehead atoms. The number of hydrogen-bond donors (Lipinski definition) is 2. The van der Waals surface area contributed by atoms with E-state index in [0.29, 0.717) is 23.0 Å². The molecule has 4 nitrogen and oxygen atoms in total. The van der Waals surface area contributed by atoms with Gasteiger partial charge in [-0.15, -0.1) is 0 Å². The van der Waals surface area contributed by atoms with Crippen LogP contribution < -0.4 is 10.0 Å². The van der Waals surface area contributed by atoms with Crippen molar-refractivity contribution in [2.24, 2.45) is 5.92 Å². The molecule has 1 fully saturated rings. The van der Waals surface area contributed by atoms with E-state index in [9.17, 15) is 8.42 Å². The Morgan fingerprint density at radius 2 is 2.00 bits per heavy atom. The van der Waals surface area contributed by atoms with Gasteiger partial charge >= 0.3 is 0 Å². The summed E-state index contributed by atoms with van der Waals surface area (Å²) in [5, 5.41) is 2.89. The Hall–Kier alpha value is -1.07. The second kappa shape index (κ2) is 4.43. The minimum atomic E-state index is -3.37. The van der Waals surface area contributed by atoms with Gasteiger partial charge in [-0.05, 0) is 30.9 Å². The van der Waals surface area contributed by atoms with Crippen LogP contribution in [0.2, 0.25) is 0 Å². The Labute approximate surface area is 96.1 Å². The summed E-state index contributed by atoms with van der Waals surface area (Å²) in [7, 11) is -1.65. The molecule has 0 spiro atoms. The summed E-state index contributed by atoms with van der Waals surface area (Å²) < 4.78 is 26.6. The van der Waals surface area contributed by atoms with E-state index in [0.717, 1.165) is 12.8 Å². The quantitative estimate of drug-likeness (QED) is 0.818. The lowest BCUT2D eigenvalue weighted by molar-refractivity contribution is 0.578. The lowest BCUT2D eigenvalue weighted by Gasteiger charge is -2.10. The molecule has 0 unspecified atom stereocenters. The number of hydrogen-bond acceptors (Lipinski definition) is 3. The van der Waals surface area contributed by atoms with Crippen molar-refractivity contribution >= 4 is 15.7 Å². The maximum absolute atomic E-state index is 12.0. The minimum absolute atomic E-state index is 0.318. The van der Waals surface area contributed by atoms with Gasteiger partial charge in [0.25, 0.3) is 0 Å². The van der Waals surface area contributed by atoms with Crippen LogP contribution in [0.5, 0.6) is 0 Å². The number of nitrogens with one attached hydrogen (secondary N) is 2. The predicted molar refractivity (Wildman–Crippen MR) is 63.9 cm³/mol. The van der Waals surface area contributed by atoms with Crippen molar-refractivity contribution in [2.45, 2.75) is 17.7 Å². The number of sulfonamides is 1. The van der Waals surface area contributed by atoms with Crippen LogP contribution in [0.25, 0.3) is 0 Å². The summed E-state index contributed by atoms with van der Waals surface area (Å²) in [6.45, 7) is 0.556. The maximum atomic E-state index is 12.0. The first-order valence-corrected chi connectivity index (χ1v) is 6.88. The van der Waals surface area contributed by atoms with E-state index in [4.69, 9.17) is 0 Å². The van der Waals surface area contributed by atoms with Crippen molar-refractivity contribution in [3.63, 3.8) is 0 Å². The predicted octanol–water partition coefficient (Wildman–Crippen LogP) is 1.42. The third kappa shape index (κ3) is 2.54. The summed E-state index contributed by atoms with van der Waals surface area (Å²) in [6, 6.07) is 6.91. The first kappa shape index (κ1) is 11.4. The van der Waals surface area contributed by atoms with Crippen LogP contribution in [0, 0.1) is 5.92 Å². The Balaban J connectivity index is 2.19. The molecule has 5 heteroatoms. The first-order chi connectivity index (χ1) is 7.63. The number of para-hydroxylation sites is 1. The van der Waals surface area contributed by atoms with Gasteiger partial charge in [0.2, 0.25) is 10.0 Å². The molecule has 88 valence electrons. The summed E-state index contributed by atoms with van der Waals surface area (Å²) in [5.74, 6) is 0.538. The van der Waals surface area contributed by atoms with Crippen LogP contribution in [0.1, 0.15) is 12.8 Å². The number of benzene rings is 1. The van der Waals surface area contributed by atoms with E-state index in [1.54, 1.807) is 25.2 Å². The minimum Gasteiger partial charge on any atom is -0.387 e. The van der Waals surface area contributed by atoms with Crippen molar-refractivity contribution in [2.75, 3.05) is 18.9 Å². The molecule has 0 amide bonds. The van der Waals surface area contributed by atoms with Gasteiger partial charge in [0.1, 0.15) is 4.90 Å². The summed E-state index contributed by atoms with van der Waals surface area (Å²) >= 11 is 0. The Morgan fingerprint density at radius 3 is 2.62 bits per heavy atom. The third-order valence-corrected chi connectivity index (χ3v) is 4.19. The molecule has 0 saturated heterocycles. The largest absolute Gasteiger partial charge is 0.387 e. The Bertz CT molecular complexity index is 467. The van der Waals surface area contributed by atoms with Crippen LogP contribution >= 0.6 is 0 Å². The molecule has 2 rings (SSSR count). The molecule has 2 N–H and O–H groups in total. The standard InChI is InChI=1S/C11H16N2O2S/c1-12-10-4-2-3-5-11(10)16(14,15)13-8-9-6-7-9/h2-5,9,12-13H,6-8H2,1H3. The monoisotopic (exact) mass is 240 g/mol. The van der Waals surface area contributed by atoms with Crippen molar-refractivity contribution in [1.82, 2.24) is 4.72 Å². The third-order valence-electron chi connectivity index (χ3n) is 2.70. The van der Waals surface area contributed by atoms with Crippen molar-refractivity contribution in [1.29, 1.82) is 0 Å². The van der Waals surface area contributed by atoms with E-state index < -0.39 is 10.0 Å². The maximum Gasteiger partial charge on any atom is 0.242 e. The Kier molecular flexibility index (Phi) is 3.16. The van der Waals surface area contributed by atoms with Gasteiger partial charge in [-0.25, -0.2) is 13.1 Å². The molecule has 0 atom stereocenters. The molecule has 0 aromatic heterocycles. The van der Waals surface area contributed by atoms with Crippen LogP contribution in [0.15, 0.2) is 29.2 Å². The lowest BCUT2D eigenvalue weighted by atomic mass is 10.3. The average Bonchev–Trinajstić information content (AvgIpc) is 3.10. The Morgan fingerprint density at radius 1 is 1.31 bits per heavy atom. The van der Waals surface area contributed by atoms with Gasteiger partial charge in [-0.3, -0.25) is 0 Å². The van der Waals surface area contributed by atoms with Crippen molar-refractivity contribution < 1.29 is 8.42 Å². The highest BCUT2D eigenvalue weighted by Gasteiger charge is 2.25. The highest BCUT2D eigenvalue weighted by Crippen LogP contribution is 2.28. The van der Waals surface area contributed by atoms with E-state index >= 15 is 0 Å². The van der Waals surface area contributed by atoms with Gasteiger partial charge in [0.15, 0.2) is 0 Å². The van der Waals surface area contributed by atoms with Crippen LogP contribution in [-0.2, 0) is 10.0 Å². The fraction of sp³-hybridized carbons (Fsp3) is 0.455. The van der Waals surface area contributed by atoms with Crippen LogP contribution in [0.3, 0.4) is 0 Å². The SMILES string of the molecule is CNc1ccccc1S(=O)(=O)NCC1CC1. The molecule has 1 saturated carbocycles. The lowest BCUT2D eigenvalue weighted by Crippen LogP contribution is -2.26. The molecule has 16 heavy (non-hydrogen) atoms. The molecular weight excluding hydrogens is 224 g/mol. The zero-order chi connectivity index (χ0) is 11.6. The van der Waals surface area contributed by atoms with Gasteiger partial charge in [-0.1, -0.05) is 12.1 Å². The number of rotatable bonds is 5. The molecule has 1 aromatic rings. The van der Waals surface area contributed by atoms with E-state index in [1.165, 1.54) is 0 Å². The molecule has 1 aliphatic carbocycles.